The second-order valence-electron chi connectivity index (χ2n) is 6.69. The molecule has 1 amide bonds. The van der Waals surface area contributed by atoms with Gasteiger partial charge in [0.1, 0.15) is 0 Å². The smallest absolute Gasteiger partial charge is 0.222 e. The number of rotatable bonds is 2. The van der Waals surface area contributed by atoms with Gasteiger partial charge in [-0.25, -0.2) is 0 Å². The van der Waals surface area contributed by atoms with Gasteiger partial charge in [0, 0.05) is 23.0 Å². The Morgan fingerprint density at radius 2 is 1.59 bits per heavy atom. The molecule has 0 saturated carbocycles. The van der Waals surface area contributed by atoms with Gasteiger partial charge in [0.25, 0.3) is 0 Å². The molecule has 1 fully saturated rings. The predicted octanol–water partition coefficient (Wildman–Crippen LogP) is 2.13. The molecule has 1 rings (SSSR count). The van der Waals surface area contributed by atoms with Gasteiger partial charge in [-0.05, 0) is 40.5 Å². The summed E-state index contributed by atoms with van der Waals surface area (Å²) in [4.78, 5) is 11.7. The average molecular weight is 241 g/mol. The quantitative estimate of drug-likeness (QED) is 0.805. The van der Waals surface area contributed by atoms with Gasteiger partial charge in [-0.3, -0.25) is 4.79 Å². The van der Waals surface area contributed by atoms with E-state index in [1.54, 1.807) is 0 Å². The van der Waals surface area contributed by atoms with Crippen LogP contribution >= 0.6 is 0 Å². The molecule has 17 heavy (non-hydrogen) atoms. The molecule has 4 nitrogen and oxygen atoms in total. The fraction of sp³-hybridized carbons (Fsp3) is 0.923. The average Bonchev–Trinajstić information content (AvgIpc) is 2.12. The number of piperidine rings is 1. The van der Waals surface area contributed by atoms with Crippen LogP contribution in [-0.2, 0) is 10.0 Å². The third-order valence-corrected chi connectivity index (χ3v) is 3.46. The summed E-state index contributed by atoms with van der Waals surface area (Å²) in [6.45, 7) is 11.5. The summed E-state index contributed by atoms with van der Waals surface area (Å²) in [5.41, 5.74) is -0.840. The van der Waals surface area contributed by atoms with Crippen LogP contribution < -0.4 is 5.32 Å². The van der Waals surface area contributed by atoms with E-state index in [1.165, 1.54) is 5.06 Å². The van der Waals surface area contributed by atoms with E-state index in [2.05, 4.69) is 5.32 Å². The Hall–Kier alpha value is -0.610. The topological polar surface area (TPSA) is 52.2 Å². The van der Waals surface area contributed by atoms with E-state index in [0.29, 0.717) is 12.8 Å². The Morgan fingerprint density at radius 3 is 1.94 bits per heavy atom. The second kappa shape index (κ2) is 4.58. The molecule has 1 heterocycles. The number of nitrogens with one attached hydrogen (secondary N) is 1. The molecule has 1 aliphatic heterocycles. The molecule has 0 unspecified atom stereocenters. The Kier molecular flexibility index (Phi) is 3.89. The molecule has 0 aliphatic carbocycles. The van der Waals surface area contributed by atoms with Crippen LogP contribution in [0.4, 0.5) is 0 Å². The minimum absolute atomic E-state index is 0.00787. The minimum Gasteiger partial charge on any atom is -0.353 e. The number of amides is 1. The molecule has 1 radical (unpaired) electrons. The molecule has 0 aromatic rings. The number of nitrogens with zero attached hydrogens (tertiary/aromatic N) is 1. The zero-order valence-corrected chi connectivity index (χ0v) is 11.8. The first-order valence-electron chi connectivity index (χ1n) is 6.34. The van der Waals surface area contributed by atoms with Crippen LogP contribution in [0.1, 0.15) is 54.4 Å². The molecular weight excluding hydrogens is 216 g/mol. The monoisotopic (exact) mass is 241 g/mol. The maximum atomic E-state index is 12.1. The van der Waals surface area contributed by atoms with Crippen LogP contribution in [0.2, 0.25) is 0 Å². The number of carbonyl (C=O) groups excluding carboxylic acids is 1. The molecule has 4 heteroatoms. The molecule has 0 spiro atoms. The summed E-state index contributed by atoms with van der Waals surface area (Å²) in [5.74, 6) is 0.0625. The van der Waals surface area contributed by atoms with Crippen LogP contribution in [0.25, 0.3) is 0 Å². The van der Waals surface area contributed by atoms with Gasteiger partial charge in [0.2, 0.25) is 5.91 Å². The molecule has 1 aliphatic rings. The Labute approximate surface area is 104 Å². The van der Waals surface area contributed by atoms with E-state index in [0.717, 1.165) is 0 Å². The van der Waals surface area contributed by atoms with Crippen LogP contribution in [0.15, 0.2) is 0 Å². The van der Waals surface area contributed by atoms with Gasteiger partial charge in [-0.2, -0.15) is 0 Å². The Balaban J connectivity index is 2.75. The van der Waals surface area contributed by atoms with Crippen molar-refractivity contribution in [1.29, 1.82) is 0 Å². The fourth-order valence-corrected chi connectivity index (χ4v) is 2.73. The lowest BCUT2D eigenvalue weighted by molar-refractivity contribution is -0.290. The maximum Gasteiger partial charge on any atom is 0.222 e. The van der Waals surface area contributed by atoms with Gasteiger partial charge in [-0.15, -0.1) is 10.3 Å². The summed E-state index contributed by atoms with van der Waals surface area (Å²) in [6.07, 6.45) is 1.41. The van der Waals surface area contributed by atoms with E-state index < -0.39 is 11.1 Å². The molecule has 0 atom stereocenters. The summed E-state index contributed by atoms with van der Waals surface area (Å²) >= 11 is 0. The fourth-order valence-electron chi connectivity index (χ4n) is 2.73. The summed E-state index contributed by atoms with van der Waals surface area (Å²) < 4.78 is 0. The first-order valence-corrected chi connectivity index (χ1v) is 6.34. The highest BCUT2D eigenvalue weighted by Gasteiger charge is 2.46. The lowest BCUT2D eigenvalue weighted by Gasteiger charge is -2.50. The lowest BCUT2D eigenvalue weighted by Crippen LogP contribution is -2.62. The molecule has 1 saturated heterocycles. The standard InChI is InChI=1S/C13H25N2O2/c1-9(2)11(16)14-10-7-12(3,4)15(17)13(5,6)8-10/h9-10H,7-8H2,1-6H3,(H,14,16). The highest BCUT2D eigenvalue weighted by Crippen LogP contribution is 2.36. The molecule has 0 aromatic heterocycles. The molecule has 0 aromatic carbocycles. The molecule has 1 N–H and O–H groups in total. The maximum absolute atomic E-state index is 12.1. The number of hydrogen-bond acceptors (Lipinski definition) is 2. The third-order valence-electron chi connectivity index (χ3n) is 3.46. The zero-order valence-electron chi connectivity index (χ0n) is 11.8. The van der Waals surface area contributed by atoms with Crippen molar-refractivity contribution in [3.63, 3.8) is 0 Å². The van der Waals surface area contributed by atoms with Crippen LogP contribution in [-0.4, -0.2) is 28.1 Å². The third kappa shape index (κ3) is 3.19. The van der Waals surface area contributed by atoms with Crippen molar-refractivity contribution in [2.24, 2.45) is 5.92 Å². The number of hydrogen-bond donors (Lipinski definition) is 1. The van der Waals surface area contributed by atoms with Gasteiger partial charge < -0.3 is 5.32 Å². The molecular formula is C13H25N2O2. The van der Waals surface area contributed by atoms with E-state index in [4.69, 9.17) is 0 Å². The van der Waals surface area contributed by atoms with E-state index >= 15 is 0 Å². The highest BCUT2D eigenvalue weighted by molar-refractivity contribution is 5.78. The minimum atomic E-state index is -0.420. The van der Waals surface area contributed by atoms with Crippen molar-refractivity contribution < 1.29 is 10.0 Å². The van der Waals surface area contributed by atoms with Gasteiger partial charge in [-0.1, -0.05) is 13.8 Å². The zero-order chi connectivity index (χ0) is 13.4. The van der Waals surface area contributed by atoms with E-state index in [1.807, 2.05) is 41.5 Å². The van der Waals surface area contributed by atoms with Gasteiger partial charge >= 0.3 is 0 Å². The lowest BCUT2D eigenvalue weighted by atomic mass is 9.79. The number of carbonyl (C=O) groups is 1. The normalized spacial score (nSPS) is 24.9. The van der Waals surface area contributed by atoms with Gasteiger partial charge in [0.05, 0.1) is 0 Å². The summed E-state index contributed by atoms with van der Waals surface area (Å²) in [6, 6.07) is 0.0973. The van der Waals surface area contributed by atoms with Gasteiger partial charge in [0.15, 0.2) is 0 Å². The first-order chi connectivity index (χ1) is 7.56. The van der Waals surface area contributed by atoms with Crippen molar-refractivity contribution in [2.75, 3.05) is 0 Å². The van der Waals surface area contributed by atoms with E-state index in [9.17, 15) is 10.0 Å². The first kappa shape index (κ1) is 14.5. The SMILES string of the molecule is CC(C)C(=O)NC1CC(C)(C)N([O])C(C)(C)C1. The van der Waals surface area contributed by atoms with Crippen molar-refractivity contribution in [1.82, 2.24) is 10.4 Å². The summed E-state index contributed by atoms with van der Waals surface area (Å²) in [5, 5.41) is 16.4. The Morgan fingerprint density at radius 1 is 1.18 bits per heavy atom. The van der Waals surface area contributed by atoms with Crippen LogP contribution in [0, 0.1) is 5.92 Å². The van der Waals surface area contributed by atoms with Crippen LogP contribution in [0.3, 0.4) is 0 Å². The number of hydroxylamine groups is 2. The molecule has 99 valence electrons. The van der Waals surface area contributed by atoms with Crippen molar-refractivity contribution in [3.8, 4) is 0 Å². The predicted molar refractivity (Wildman–Crippen MR) is 66.7 cm³/mol. The molecule has 0 bridgehead atoms. The van der Waals surface area contributed by atoms with Crippen molar-refractivity contribution in [2.45, 2.75) is 71.5 Å². The van der Waals surface area contributed by atoms with Crippen molar-refractivity contribution in [3.05, 3.63) is 0 Å². The van der Waals surface area contributed by atoms with E-state index in [-0.39, 0.29) is 17.9 Å². The Bertz CT molecular complexity index is 280. The van der Waals surface area contributed by atoms with Crippen molar-refractivity contribution >= 4 is 5.91 Å². The largest absolute Gasteiger partial charge is 0.353 e. The summed E-state index contributed by atoms with van der Waals surface area (Å²) in [7, 11) is 0. The highest BCUT2D eigenvalue weighted by atomic mass is 16.5. The van der Waals surface area contributed by atoms with Crippen LogP contribution in [0.5, 0.6) is 0 Å². The second-order valence-corrected chi connectivity index (χ2v) is 6.69.